The van der Waals surface area contributed by atoms with Crippen LogP contribution in [0.4, 0.5) is 0 Å². The molecule has 158 valence electrons. The molecule has 2 aromatic carbocycles. The maximum absolute atomic E-state index is 13.1. The highest BCUT2D eigenvalue weighted by molar-refractivity contribution is 6.45. The van der Waals surface area contributed by atoms with Crippen molar-refractivity contribution in [3.05, 3.63) is 71.5 Å². The maximum atomic E-state index is 13.1. The van der Waals surface area contributed by atoms with E-state index in [0.717, 1.165) is 22.0 Å². The van der Waals surface area contributed by atoms with E-state index < -0.39 is 23.7 Å². The van der Waals surface area contributed by atoms with E-state index in [1.54, 1.807) is 13.1 Å². The molecule has 7 nitrogen and oxygen atoms in total. The van der Waals surface area contributed by atoms with E-state index in [1.165, 1.54) is 7.11 Å². The molecule has 0 bridgehead atoms. The predicted molar refractivity (Wildman–Crippen MR) is 118 cm³/mol. The number of amides is 1. The highest BCUT2D eigenvalue weighted by atomic mass is 16.5. The number of nitrogens with one attached hydrogen (secondary N) is 2. The van der Waals surface area contributed by atoms with Gasteiger partial charge in [-0.1, -0.05) is 36.4 Å². The van der Waals surface area contributed by atoms with Gasteiger partial charge in [-0.2, -0.15) is 0 Å². The highest BCUT2D eigenvalue weighted by Gasteiger charge is 2.29. The summed E-state index contributed by atoms with van der Waals surface area (Å²) < 4.78 is 6.75. The number of H-pyrrole nitrogens is 1. The van der Waals surface area contributed by atoms with E-state index in [4.69, 9.17) is 4.74 Å². The molecule has 1 atom stereocenters. The number of carbonyl (C=O) groups excluding carboxylic acids is 3. The van der Waals surface area contributed by atoms with Crippen molar-refractivity contribution in [1.29, 1.82) is 0 Å². The molecule has 0 radical (unpaired) electrons. The molecule has 2 aromatic heterocycles. The number of aromatic nitrogens is 2. The van der Waals surface area contributed by atoms with Crippen molar-refractivity contribution in [1.82, 2.24) is 14.9 Å². The largest absolute Gasteiger partial charge is 0.467 e. The molecule has 2 N–H and O–H groups in total. The van der Waals surface area contributed by atoms with Gasteiger partial charge in [0.15, 0.2) is 0 Å². The monoisotopic (exact) mass is 417 g/mol. The Labute approximate surface area is 179 Å². The second-order valence-electron chi connectivity index (χ2n) is 7.48. The smallest absolute Gasteiger partial charge is 0.328 e. The first-order chi connectivity index (χ1) is 14.9. The molecule has 4 aromatic rings. The van der Waals surface area contributed by atoms with E-state index in [-0.39, 0.29) is 6.42 Å². The first-order valence-electron chi connectivity index (χ1n) is 9.94. The fourth-order valence-corrected chi connectivity index (χ4v) is 4.00. The van der Waals surface area contributed by atoms with E-state index in [1.807, 2.05) is 60.1 Å². The van der Waals surface area contributed by atoms with Crippen molar-refractivity contribution in [2.45, 2.75) is 19.4 Å². The fraction of sp³-hybridized carbons (Fsp3) is 0.208. The first kappa shape index (κ1) is 20.4. The van der Waals surface area contributed by atoms with E-state index >= 15 is 0 Å². The Balaban J connectivity index is 1.62. The third-order valence-electron chi connectivity index (χ3n) is 5.72. The van der Waals surface area contributed by atoms with Crippen LogP contribution in [-0.2, 0) is 27.8 Å². The zero-order valence-corrected chi connectivity index (χ0v) is 17.6. The SMILES string of the molecule is COC(=O)[C@@H](Cc1c[nH]c2ccccc12)NC(=O)C(=O)c1c(C)n(C)c2ccccc12. The Morgan fingerprint density at radius 2 is 1.74 bits per heavy atom. The molecule has 1 amide bonds. The molecule has 0 spiro atoms. The molecule has 0 saturated heterocycles. The lowest BCUT2D eigenvalue weighted by Crippen LogP contribution is -2.45. The number of nitrogens with zero attached hydrogens (tertiary/aromatic N) is 1. The number of ketones is 1. The summed E-state index contributed by atoms with van der Waals surface area (Å²) in [6.45, 7) is 1.80. The van der Waals surface area contributed by atoms with Crippen LogP contribution < -0.4 is 5.32 Å². The van der Waals surface area contributed by atoms with Gasteiger partial charge in [0.1, 0.15) is 6.04 Å². The van der Waals surface area contributed by atoms with Crippen LogP contribution in [0.1, 0.15) is 21.6 Å². The van der Waals surface area contributed by atoms with Gasteiger partial charge in [-0.05, 0) is 24.6 Å². The normalized spacial score (nSPS) is 12.1. The molecule has 0 aliphatic carbocycles. The second kappa shape index (κ2) is 8.10. The Kier molecular flexibility index (Phi) is 5.33. The summed E-state index contributed by atoms with van der Waals surface area (Å²) in [5, 5.41) is 4.23. The molecule has 0 fully saturated rings. The average molecular weight is 417 g/mol. The number of hydrogen-bond donors (Lipinski definition) is 2. The zero-order chi connectivity index (χ0) is 22.1. The van der Waals surface area contributed by atoms with Crippen LogP contribution in [0, 0.1) is 6.92 Å². The number of methoxy groups -OCH3 is 1. The zero-order valence-electron chi connectivity index (χ0n) is 17.6. The van der Waals surface area contributed by atoms with Crippen LogP contribution in [-0.4, -0.2) is 40.4 Å². The quantitative estimate of drug-likeness (QED) is 0.286. The number of aromatic amines is 1. The number of para-hydroxylation sites is 2. The number of hydrogen-bond acceptors (Lipinski definition) is 4. The lowest BCUT2D eigenvalue weighted by molar-refractivity contribution is -0.144. The molecular formula is C24H23N3O4. The van der Waals surface area contributed by atoms with Crippen molar-refractivity contribution in [3.63, 3.8) is 0 Å². The topological polar surface area (TPSA) is 93.2 Å². The lowest BCUT2D eigenvalue weighted by atomic mass is 10.0. The van der Waals surface area contributed by atoms with Crippen LogP contribution in [0.15, 0.2) is 54.7 Å². The summed E-state index contributed by atoms with van der Waals surface area (Å²) in [7, 11) is 3.11. The standard InChI is InChI=1S/C24H23N3O4/c1-14-21(17-9-5-7-11-20(17)27(14)2)22(28)23(29)26-19(24(30)31-3)12-15-13-25-18-10-6-4-8-16(15)18/h4-11,13,19,25H,12H2,1-3H3,(H,26,29)/t19-/m1/s1. The number of ether oxygens (including phenoxy) is 1. The molecule has 0 aliphatic rings. The summed E-state index contributed by atoms with van der Waals surface area (Å²) in [5.74, 6) is -2.13. The number of fused-ring (bicyclic) bond motifs is 2. The molecule has 0 aliphatic heterocycles. The summed E-state index contributed by atoms with van der Waals surface area (Å²) in [4.78, 5) is 41.5. The third-order valence-corrected chi connectivity index (χ3v) is 5.72. The van der Waals surface area contributed by atoms with Gasteiger partial charge < -0.3 is 19.6 Å². The number of benzene rings is 2. The molecule has 31 heavy (non-hydrogen) atoms. The Hall–Kier alpha value is -3.87. The average Bonchev–Trinajstić information content (AvgIpc) is 3.31. The summed E-state index contributed by atoms with van der Waals surface area (Å²) in [6.07, 6.45) is 1.99. The van der Waals surface area contributed by atoms with Gasteiger partial charge in [0.25, 0.3) is 11.7 Å². The minimum absolute atomic E-state index is 0.199. The number of esters is 1. The van der Waals surface area contributed by atoms with E-state index in [2.05, 4.69) is 10.3 Å². The Morgan fingerprint density at radius 3 is 2.48 bits per heavy atom. The van der Waals surface area contributed by atoms with Crippen molar-refractivity contribution < 1.29 is 19.1 Å². The van der Waals surface area contributed by atoms with Crippen LogP contribution >= 0.6 is 0 Å². The fourth-order valence-electron chi connectivity index (χ4n) is 4.00. The van der Waals surface area contributed by atoms with Gasteiger partial charge >= 0.3 is 5.97 Å². The number of rotatable bonds is 6. The summed E-state index contributed by atoms with van der Waals surface area (Å²) in [6, 6.07) is 14.1. The minimum Gasteiger partial charge on any atom is -0.467 e. The van der Waals surface area contributed by atoms with Crippen molar-refractivity contribution in [2.75, 3.05) is 7.11 Å². The molecule has 0 unspecified atom stereocenters. The Morgan fingerprint density at radius 1 is 1.06 bits per heavy atom. The molecule has 7 heteroatoms. The molecule has 2 heterocycles. The second-order valence-corrected chi connectivity index (χ2v) is 7.48. The molecule has 0 saturated carbocycles. The lowest BCUT2D eigenvalue weighted by Gasteiger charge is -2.16. The highest BCUT2D eigenvalue weighted by Crippen LogP contribution is 2.25. The third kappa shape index (κ3) is 3.59. The van der Waals surface area contributed by atoms with Gasteiger partial charge in [0, 0.05) is 47.2 Å². The summed E-state index contributed by atoms with van der Waals surface area (Å²) in [5.41, 5.74) is 3.66. The summed E-state index contributed by atoms with van der Waals surface area (Å²) >= 11 is 0. The van der Waals surface area contributed by atoms with Gasteiger partial charge in [-0.3, -0.25) is 9.59 Å². The van der Waals surface area contributed by atoms with Crippen LogP contribution in [0.3, 0.4) is 0 Å². The minimum atomic E-state index is -0.990. The molecular weight excluding hydrogens is 394 g/mol. The Bertz CT molecular complexity index is 1320. The van der Waals surface area contributed by atoms with Crippen LogP contribution in [0.5, 0.6) is 0 Å². The van der Waals surface area contributed by atoms with Crippen LogP contribution in [0.2, 0.25) is 0 Å². The predicted octanol–water partition coefficient (Wildman–Crippen LogP) is 3.05. The number of carbonyl (C=O) groups is 3. The van der Waals surface area contributed by atoms with Gasteiger partial charge in [0.2, 0.25) is 0 Å². The van der Waals surface area contributed by atoms with Gasteiger partial charge in [-0.25, -0.2) is 4.79 Å². The number of Topliss-reactive ketones (excluding diaryl/α,β-unsaturated/α-hetero) is 1. The number of aryl methyl sites for hydroxylation is 1. The maximum Gasteiger partial charge on any atom is 0.328 e. The van der Waals surface area contributed by atoms with Crippen molar-refractivity contribution >= 4 is 39.5 Å². The van der Waals surface area contributed by atoms with Gasteiger partial charge in [-0.15, -0.1) is 0 Å². The van der Waals surface area contributed by atoms with Crippen molar-refractivity contribution in [2.24, 2.45) is 7.05 Å². The first-order valence-corrected chi connectivity index (χ1v) is 9.94. The van der Waals surface area contributed by atoms with E-state index in [0.29, 0.717) is 16.6 Å². The molecule has 4 rings (SSSR count). The van der Waals surface area contributed by atoms with Gasteiger partial charge in [0.05, 0.1) is 12.7 Å². The van der Waals surface area contributed by atoms with E-state index in [9.17, 15) is 14.4 Å². The van der Waals surface area contributed by atoms with Crippen LogP contribution in [0.25, 0.3) is 21.8 Å². The van der Waals surface area contributed by atoms with Crippen molar-refractivity contribution in [3.8, 4) is 0 Å².